The molecule has 0 aliphatic heterocycles. The molecule has 0 bridgehead atoms. The molecule has 2 heterocycles. The molecule has 21 heavy (non-hydrogen) atoms. The number of methoxy groups -OCH3 is 1. The van der Waals surface area contributed by atoms with Crippen molar-refractivity contribution in [2.45, 2.75) is 0 Å². The van der Waals surface area contributed by atoms with E-state index in [9.17, 15) is 9.18 Å². The van der Waals surface area contributed by atoms with Gasteiger partial charge in [0.2, 0.25) is 0 Å². The van der Waals surface area contributed by atoms with Crippen molar-refractivity contribution in [3.63, 3.8) is 0 Å². The fourth-order valence-corrected chi connectivity index (χ4v) is 2.21. The Labute approximate surface area is 127 Å². The maximum atomic E-state index is 13.7. The lowest BCUT2D eigenvalue weighted by Crippen LogP contribution is -2.03. The van der Waals surface area contributed by atoms with Crippen molar-refractivity contribution in [1.29, 1.82) is 0 Å². The number of rotatable bonds is 2. The van der Waals surface area contributed by atoms with Crippen molar-refractivity contribution in [2.24, 2.45) is 0 Å². The second-order valence-corrected chi connectivity index (χ2v) is 5.14. The van der Waals surface area contributed by atoms with E-state index >= 15 is 0 Å². The molecule has 0 fully saturated rings. The highest BCUT2D eigenvalue weighted by molar-refractivity contribution is 9.10. The number of aromatic nitrogens is 3. The molecule has 7 heteroatoms. The Kier molecular flexibility index (Phi) is 3.42. The molecule has 0 unspecified atom stereocenters. The fraction of sp³-hybridized carbons (Fsp3) is 0.0714. The lowest BCUT2D eigenvalue weighted by molar-refractivity contribution is 0.0600. The Morgan fingerprint density at radius 1 is 1.29 bits per heavy atom. The zero-order chi connectivity index (χ0) is 15.0. The topological polar surface area (TPSA) is 56.5 Å². The van der Waals surface area contributed by atoms with Crippen LogP contribution in [-0.4, -0.2) is 27.7 Å². The number of hydrogen-bond donors (Lipinski definition) is 0. The molecule has 1 aromatic carbocycles. The van der Waals surface area contributed by atoms with Gasteiger partial charge in [-0.1, -0.05) is 0 Å². The van der Waals surface area contributed by atoms with Crippen LogP contribution in [0.5, 0.6) is 0 Å². The zero-order valence-corrected chi connectivity index (χ0v) is 12.5. The summed E-state index contributed by atoms with van der Waals surface area (Å²) in [5.74, 6) is -0.408. The van der Waals surface area contributed by atoms with Crippen molar-refractivity contribution in [1.82, 2.24) is 14.6 Å². The summed E-state index contributed by atoms with van der Waals surface area (Å²) in [6.07, 6.45) is 1.57. The summed E-state index contributed by atoms with van der Waals surface area (Å²) in [4.78, 5) is 11.6. The van der Waals surface area contributed by atoms with Gasteiger partial charge < -0.3 is 4.74 Å². The molecule has 0 radical (unpaired) electrons. The van der Waals surface area contributed by atoms with Gasteiger partial charge in [0.05, 0.1) is 17.1 Å². The molecule has 5 nitrogen and oxygen atoms in total. The summed E-state index contributed by atoms with van der Waals surface area (Å²) < 4.78 is 20.3. The van der Waals surface area contributed by atoms with Gasteiger partial charge in [-0.25, -0.2) is 9.18 Å². The van der Waals surface area contributed by atoms with E-state index in [4.69, 9.17) is 0 Å². The normalized spacial score (nSPS) is 10.8. The Hall–Kier alpha value is -2.28. The molecule has 2 aromatic heterocycles. The second-order valence-electron chi connectivity index (χ2n) is 4.29. The number of fused-ring (bicyclic) bond motifs is 1. The first-order chi connectivity index (χ1) is 10.1. The van der Waals surface area contributed by atoms with Crippen LogP contribution in [0.25, 0.3) is 17.0 Å². The minimum absolute atomic E-state index is 0.364. The van der Waals surface area contributed by atoms with Crippen LogP contribution in [0.15, 0.2) is 41.0 Å². The van der Waals surface area contributed by atoms with E-state index in [0.717, 1.165) is 0 Å². The highest BCUT2D eigenvalue weighted by atomic mass is 79.9. The molecule has 0 spiro atoms. The number of esters is 1. The minimum atomic E-state index is -0.460. The van der Waals surface area contributed by atoms with Crippen molar-refractivity contribution in [3.05, 3.63) is 52.4 Å². The highest BCUT2D eigenvalue weighted by Gasteiger charge is 2.13. The minimum Gasteiger partial charge on any atom is -0.465 e. The van der Waals surface area contributed by atoms with Crippen molar-refractivity contribution in [3.8, 4) is 11.4 Å². The third kappa shape index (κ3) is 2.40. The number of ether oxygens (including phenoxy) is 1. The van der Waals surface area contributed by atoms with Gasteiger partial charge in [0.1, 0.15) is 5.82 Å². The number of carbonyl (C=O) groups excluding carboxylic acids is 1. The van der Waals surface area contributed by atoms with Crippen LogP contribution in [-0.2, 0) is 4.74 Å². The molecule has 0 amide bonds. The summed E-state index contributed by atoms with van der Waals surface area (Å²) in [6.45, 7) is 0. The molecule has 0 saturated carbocycles. The molecule has 3 rings (SSSR count). The molecule has 0 aliphatic rings. The maximum Gasteiger partial charge on any atom is 0.339 e. The number of hydrogen-bond acceptors (Lipinski definition) is 4. The first-order valence-electron chi connectivity index (χ1n) is 5.98. The van der Waals surface area contributed by atoms with Crippen LogP contribution in [0.2, 0.25) is 0 Å². The van der Waals surface area contributed by atoms with E-state index in [-0.39, 0.29) is 0 Å². The van der Waals surface area contributed by atoms with Gasteiger partial charge in [-0.15, -0.1) is 10.2 Å². The molecule has 0 saturated heterocycles. The lowest BCUT2D eigenvalue weighted by Gasteiger charge is -2.03. The van der Waals surface area contributed by atoms with Crippen molar-refractivity contribution in [2.75, 3.05) is 7.11 Å². The number of nitrogens with zero attached hydrogens (tertiary/aromatic N) is 3. The molecule has 0 atom stereocenters. The van der Waals surface area contributed by atoms with E-state index < -0.39 is 11.8 Å². The van der Waals surface area contributed by atoms with Gasteiger partial charge in [0.15, 0.2) is 11.5 Å². The van der Waals surface area contributed by atoms with Gasteiger partial charge in [0.25, 0.3) is 0 Å². The third-order valence-corrected chi connectivity index (χ3v) is 3.64. The average Bonchev–Trinajstić information content (AvgIpc) is 2.92. The van der Waals surface area contributed by atoms with Crippen molar-refractivity contribution < 1.29 is 13.9 Å². The Morgan fingerprint density at radius 3 is 2.81 bits per heavy atom. The third-order valence-electron chi connectivity index (χ3n) is 3.00. The van der Waals surface area contributed by atoms with Crippen LogP contribution >= 0.6 is 15.9 Å². The van der Waals surface area contributed by atoms with Crippen LogP contribution < -0.4 is 0 Å². The molecular formula is C14H9BrFN3O2. The molecule has 0 aliphatic carbocycles. The average molecular weight is 350 g/mol. The fourth-order valence-electron chi connectivity index (χ4n) is 1.96. The quantitative estimate of drug-likeness (QED) is 0.667. The van der Waals surface area contributed by atoms with Crippen molar-refractivity contribution >= 4 is 27.5 Å². The van der Waals surface area contributed by atoms with Crippen LogP contribution in [0.4, 0.5) is 4.39 Å². The lowest BCUT2D eigenvalue weighted by atomic mass is 10.2. The van der Waals surface area contributed by atoms with Crippen LogP contribution in [0, 0.1) is 5.82 Å². The van der Waals surface area contributed by atoms with E-state index in [1.54, 1.807) is 34.9 Å². The largest absolute Gasteiger partial charge is 0.465 e. The predicted octanol–water partition coefficient (Wildman–Crippen LogP) is 3.08. The number of pyridine rings is 1. The number of carbonyl (C=O) groups is 1. The Morgan fingerprint density at radius 2 is 2.10 bits per heavy atom. The molecular weight excluding hydrogens is 341 g/mol. The first kappa shape index (κ1) is 13.7. The Balaban J connectivity index is 2.18. The summed E-state index contributed by atoms with van der Waals surface area (Å²) in [5.41, 5.74) is 1.48. The SMILES string of the molecule is COC(=O)c1ccc2nnc(-c3ccc(Br)c(F)c3)n2c1. The smallest absolute Gasteiger partial charge is 0.339 e. The molecule has 106 valence electrons. The summed E-state index contributed by atoms with van der Waals surface area (Å²) in [6, 6.07) is 7.91. The van der Waals surface area contributed by atoms with E-state index in [2.05, 4.69) is 30.9 Å². The standard InChI is InChI=1S/C14H9BrFN3O2/c1-21-14(20)9-3-5-12-17-18-13(19(12)7-9)8-2-4-10(15)11(16)6-8/h2-7H,1H3. The summed E-state index contributed by atoms with van der Waals surface area (Å²) >= 11 is 3.10. The van der Waals surface area contributed by atoms with Gasteiger partial charge in [0, 0.05) is 11.8 Å². The van der Waals surface area contributed by atoms with Gasteiger partial charge in [-0.2, -0.15) is 0 Å². The molecule has 3 aromatic rings. The maximum absolute atomic E-state index is 13.7. The number of benzene rings is 1. The Bertz CT molecular complexity index is 847. The van der Waals surface area contributed by atoms with Gasteiger partial charge >= 0.3 is 5.97 Å². The highest BCUT2D eigenvalue weighted by Crippen LogP contribution is 2.24. The van der Waals surface area contributed by atoms with E-state index in [1.807, 2.05) is 0 Å². The zero-order valence-electron chi connectivity index (χ0n) is 10.9. The first-order valence-corrected chi connectivity index (χ1v) is 6.78. The molecule has 0 N–H and O–H groups in total. The van der Waals surface area contributed by atoms with Gasteiger partial charge in [-0.05, 0) is 46.3 Å². The van der Waals surface area contributed by atoms with Gasteiger partial charge in [-0.3, -0.25) is 4.40 Å². The summed E-state index contributed by atoms with van der Waals surface area (Å²) in [5, 5.41) is 8.04. The summed E-state index contributed by atoms with van der Waals surface area (Å²) in [7, 11) is 1.31. The number of halogens is 2. The van der Waals surface area contributed by atoms with Crippen LogP contribution in [0.3, 0.4) is 0 Å². The predicted molar refractivity (Wildman–Crippen MR) is 77.4 cm³/mol. The monoisotopic (exact) mass is 349 g/mol. The van der Waals surface area contributed by atoms with E-state index in [1.165, 1.54) is 13.2 Å². The van der Waals surface area contributed by atoms with Crippen LogP contribution in [0.1, 0.15) is 10.4 Å². The second kappa shape index (κ2) is 5.25. The van der Waals surface area contributed by atoms with E-state index in [0.29, 0.717) is 27.1 Å².